The van der Waals surface area contributed by atoms with Crippen LogP contribution in [0.1, 0.15) is 40.0 Å². The van der Waals surface area contributed by atoms with Crippen LogP contribution in [0.5, 0.6) is 5.88 Å². The zero-order chi connectivity index (χ0) is 24.1. The first-order chi connectivity index (χ1) is 15.9. The highest BCUT2D eigenvalue weighted by Crippen LogP contribution is 2.22. The Kier molecular flexibility index (Phi) is 11.2. The molecule has 1 saturated heterocycles. The lowest BCUT2D eigenvalue weighted by atomic mass is 10.1. The topological polar surface area (TPSA) is 99.3 Å². The Hall–Kier alpha value is -3.13. The summed E-state index contributed by atoms with van der Waals surface area (Å²) in [4.78, 5) is 31.9. The average molecular weight is 456 g/mol. The van der Waals surface area contributed by atoms with E-state index in [9.17, 15) is 9.59 Å². The number of pyridine rings is 2. The smallest absolute Gasteiger partial charge is 0.271 e. The predicted molar refractivity (Wildman–Crippen MR) is 134 cm³/mol. The van der Waals surface area contributed by atoms with Crippen molar-refractivity contribution in [2.75, 3.05) is 38.6 Å². The number of aromatic amines is 1. The maximum Gasteiger partial charge on any atom is 0.271 e. The molecule has 0 aliphatic carbocycles. The molecular weight excluding hydrogens is 418 g/mol. The second kappa shape index (κ2) is 14.1. The van der Waals surface area contributed by atoms with E-state index in [4.69, 9.17) is 4.74 Å². The van der Waals surface area contributed by atoms with Crippen molar-refractivity contribution in [2.45, 2.75) is 46.1 Å². The molecule has 0 spiro atoms. The Balaban J connectivity index is 0.000000238. The number of rotatable bonds is 8. The van der Waals surface area contributed by atoms with Gasteiger partial charge in [0.05, 0.1) is 7.11 Å². The van der Waals surface area contributed by atoms with Gasteiger partial charge in [0.25, 0.3) is 5.56 Å². The third kappa shape index (κ3) is 9.10. The first kappa shape index (κ1) is 26.1. The normalized spacial score (nSPS) is 13.5. The molecule has 1 fully saturated rings. The minimum Gasteiger partial charge on any atom is -0.481 e. The minimum atomic E-state index is -0.123. The Labute approximate surface area is 196 Å². The molecule has 0 atom stereocenters. The third-order valence-corrected chi connectivity index (χ3v) is 5.12. The van der Waals surface area contributed by atoms with Crippen molar-refractivity contribution in [3.05, 3.63) is 53.1 Å². The number of H-pyrrole nitrogens is 1. The first-order valence-electron chi connectivity index (χ1n) is 11.6. The second-order valence-corrected chi connectivity index (χ2v) is 8.10. The van der Waals surface area contributed by atoms with Gasteiger partial charge in [-0.1, -0.05) is 19.9 Å². The second-order valence-electron chi connectivity index (χ2n) is 8.10. The van der Waals surface area contributed by atoms with Crippen molar-refractivity contribution >= 4 is 11.6 Å². The molecule has 1 amide bonds. The summed E-state index contributed by atoms with van der Waals surface area (Å²) in [6.45, 7) is 9.48. The van der Waals surface area contributed by atoms with E-state index in [1.54, 1.807) is 25.6 Å². The summed E-state index contributed by atoms with van der Waals surface area (Å²) < 4.78 is 5.08. The summed E-state index contributed by atoms with van der Waals surface area (Å²) in [5.41, 5.74) is 2.29. The summed E-state index contributed by atoms with van der Waals surface area (Å²) in [5, 5.41) is 6.27. The van der Waals surface area contributed by atoms with Crippen molar-refractivity contribution in [3.63, 3.8) is 0 Å². The molecule has 1 aliphatic heterocycles. The number of nitrogens with zero attached hydrogens (tertiary/aromatic N) is 2. The Bertz CT molecular complexity index is 949. The van der Waals surface area contributed by atoms with Crippen LogP contribution < -0.4 is 20.9 Å². The van der Waals surface area contributed by atoms with Crippen LogP contribution in [0.3, 0.4) is 0 Å². The van der Waals surface area contributed by atoms with Gasteiger partial charge >= 0.3 is 0 Å². The van der Waals surface area contributed by atoms with E-state index in [1.165, 1.54) is 6.42 Å². The van der Waals surface area contributed by atoms with Crippen LogP contribution >= 0.6 is 0 Å². The molecule has 0 bridgehead atoms. The molecule has 3 rings (SSSR count). The Morgan fingerprint density at radius 1 is 1.24 bits per heavy atom. The molecule has 8 heteroatoms. The number of hydrogen-bond donors (Lipinski definition) is 3. The van der Waals surface area contributed by atoms with E-state index in [0.29, 0.717) is 24.2 Å². The fraction of sp³-hybridized carbons (Fsp3) is 0.480. The van der Waals surface area contributed by atoms with E-state index >= 15 is 0 Å². The van der Waals surface area contributed by atoms with Crippen molar-refractivity contribution in [3.8, 4) is 17.0 Å². The first-order valence-corrected chi connectivity index (χ1v) is 11.6. The lowest BCUT2D eigenvalue weighted by Gasteiger charge is -2.25. The quantitative estimate of drug-likeness (QED) is 0.528. The summed E-state index contributed by atoms with van der Waals surface area (Å²) in [7, 11) is 1.57. The number of ether oxygens (including phenoxy) is 1. The number of anilines is 1. The monoisotopic (exact) mass is 455 g/mol. The maximum atomic E-state index is 11.7. The number of carbonyl (C=O) groups is 1. The standard InChI is InChI=1S/C13H15N3O2.C12H22N2O/c1-3-14-11-6-10(8-16-13(11)17)9-4-5-15-12(7-9)18-2;1-11(2)13-8-6-7-12(15)14-9-4-3-5-10-14/h4-8,14H,3H2,1-2H3,(H,16,17);6-7,11,13H,3-5,8-10H2,1-2H3/b;7-6+. The fourth-order valence-electron chi connectivity index (χ4n) is 3.36. The van der Waals surface area contributed by atoms with Gasteiger partial charge in [0.2, 0.25) is 11.8 Å². The van der Waals surface area contributed by atoms with Gasteiger partial charge in [-0.05, 0) is 43.9 Å². The number of aromatic nitrogens is 2. The van der Waals surface area contributed by atoms with Crippen molar-refractivity contribution < 1.29 is 9.53 Å². The lowest BCUT2D eigenvalue weighted by Crippen LogP contribution is -2.34. The maximum absolute atomic E-state index is 11.7. The van der Waals surface area contributed by atoms with Gasteiger partial charge in [-0.25, -0.2) is 4.98 Å². The van der Waals surface area contributed by atoms with Gasteiger partial charge in [-0.15, -0.1) is 0 Å². The third-order valence-electron chi connectivity index (χ3n) is 5.12. The van der Waals surface area contributed by atoms with E-state index in [0.717, 1.165) is 43.6 Å². The molecule has 0 saturated carbocycles. The van der Waals surface area contributed by atoms with Crippen LogP contribution in [0.15, 0.2) is 47.5 Å². The molecule has 33 heavy (non-hydrogen) atoms. The number of likely N-dealkylation sites (tertiary alicyclic amines) is 1. The highest BCUT2D eigenvalue weighted by molar-refractivity contribution is 5.87. The summed E-state index contributed by atoms with van der Waals surface area (Å²) in [5.74, 6) is 0.712. The molecule has 2 aromatic rings. The molecule has 3 N–H and O–H groups in total. The number of piperidine rings is 1. The molecule has 0 aromatic carbocycles. The molecule has 0 radical (unpaired) electrons. The molecule has 0 unspecified atom stereocenters. The molecule has 2 aromatic heterocycles. The van der Waals surface area contributed by atoms with Crippen LogP contribution in [0, 0.1) is 0 Å². The van der Waals surface area contributed by atoms with Crippen molar-refractivity contribution in [2.24, 2.45) is 0 Å². The summed E-state index contributed by atoms with van der Waals surface area (Å²) in [6, 6.07) is 5.98. The van der Waals surface area contributed by atoms with Crippen LogP contribution in [0.4, 0.5) is 5.69 Å². The SMILES string of the molecule is CC(C)NC/C=C/C(=O)N1CCCCC1.CCNc1cc(-c2ccnc(OC)c2)c[nH]c1=O. The Morgan fingerprint density at radius 3 is 2.67 bits per heavy atom. The van der Waals surface area contributed by atoms with Gasteiger partial charge in [0.1, 0.15) is 5.69 Å². The van der Waals surface area contributed by atoms with E-state index in [1.807, 2.05) is 36.1 Å². The van der Waals surface area contributed by atoms with Crippen molar-refractivity contribution in [1.29, 1.82) is 0 Å². The number of methoxy groups -OCH3 is 1. The van der Waals surface area contributed by atoms with Gasteiger partial charge in [0.15, 0.2) is 0 Å². The number of amides is 1. The highest BCUT2D eigenvalue weighted by atomic mass is 16.5. The molecule has 1 aliphatic rings. The van der Waals surface area contributed by atoms with Crippen LogP contribution in [0.2, 0.25) is 0 Å². The van der Waals surface area contributed by atoms with Crippen LogP contribution in [-0.4, -0.2) is 60.1 Å². The molecule has 3 heterocycles. The number of hydrogen-bond acceptors (Lipinski definition) is 6. The van der Waals surface area contributed by atoms with E-state index < -0.39 is 0 Å². The number of nitrogens with one attached hydrogen (secondary N) is 3. The van der Waals surface area contributed by atoms with Crippen LogP contribution in [-0.2, 0) is 4.79 Å². The van der Waals surface area contributed by atoms with Crippen molar-refractivity contribution in [1.82, 2.24) is 20.2 Å². The van der Waals surface area contributed by atoms with Gasteiger partial charge < -0.3 is 25.3 Å². The Morgan fingerprint density at radius 2 is 2.00 bits per heavy atom. The largest absolute Gasteiger partial charge is 0.481 e. The zero-order valence-corrected chi connectivity index (χ0v) is 20.2. The highest BCUT2D eigenvalue weighted by Gasteiger charge is 2.13. The summed E-state index contributed by atoms with van der Waals surface area (Å²) in [6.07, 6.45) is 10.5. The molecule has 8 nitrogen and oxygen atoms in total. The van der Waals surface area contributed by atoms with Gasteiger partial charge in [-0.2, -0.15) is 0 Å². The predicted octanol–water partition coefficient (Wildman–Crippen LogP) is 3.43. The van der Waals surface area contributed by atoms with Gasteiger partial charge in [-0.3, -0.25) is 9.59 Å². The van der Waals surface area contributed by atoms with Crippen LogP contribution in [0.25, 0.3) is 11.1 Å². The minimum absolute atomic E-state index is 0.123. The van der Waals surface area contributed by atoms with E-state index in [2.05, 4.69) is 34.4 Å². The average Bonchev–Trinajstić information content (AvgIpc) is 2.84. The van der Waals surface area contributed by atoms with Gasteiger partial charge in [0, 0.05) is 62.3 Å². The molecule has 180 valence electrons. The number of carbonyl (C=O) groups excluding carboxylic acids is 1. The van der Waals surface area contributed by atoms with E-state index in [-0.39, 0.29) is 11.5 Å². The zero-order valence-electron chi connectivity index (χ0n) is 20.2. The molecular formula is C25H37N5O3. The lowest BCUT2D eigenvalue weighted by molar-refractivity contribution is -0.126. The summed E-state index contributed by atoms with van der Waals surface area (Å²) >= 11 is 0. The fourth-order valence-corrected chi connectivity index (χ4v) is 3.36.